The minimum atomic E-state index is 0.0752. The molecule has 1 aromatic heterocycles. The molecule has 1 amide bonds. The van der Waals surface area contributed by atoms with E-state index in [1.807, 2.05) is 32.0 Å². The molecular formula is C19H26N2O2S. The van der Waals surface area contributed by atoms with E-state index in [4.69, 9.17) is 4.42 Å². The van der Waals surface area contributed by atoms with E-state index in [1.165, 1.54) is 0 Å². The number of carbonyl (C=O) groups excluding carboxylic acids is 1. The molecule has 1 N–H and O–H groups in total. The summed E-state index contributed by atoms with van der Waals surface area (Å²) in [4.78, 5) is 16.4. The van der Waals surface area contributed by atoms with Gasteiger partial charge < -0.3 is 9.73 Å². The van der Waals surface area contributed by atoms with Crippen LogP contribution in [-0.4, -0.2) is 16.6 Å². The van der Waals surface area contributed by atoms with Crippen LogP contribution in [0.4, 0.5) is 5.69 Å². The molecule has 4 nitrogen and oxygen atoms in total. The van der Waals surface area contributed by atoms with Crippen LogP contribution in [0.25, 0.3) is 0 Å². The van der Waals surface area contributed by atoms with Crippen molar-refractivity contribution in [2.24, 2.45) is 0 Å². The van der Waals surface area contributed by atoms with Crippen LogP contribution in [0.3, 0.4) is 0 Å². The lowest BCUT2D eigenvalue weighted by Crippen LogP contribution is -2.13. The normalized spacial score (nSPS) is 11.0. The van der Waals surface area contributed by atoms with Gasteiger partial charge in [-0.25, -0.2) is 4.98 Å². The Morgan fingerprint density at radius 1 is 1.29 bits per heavy atom. The number of nitrogens with zero attached hydrogens (tertiary/aromatic N) is 1. The van der Waals surface area contributed by atoms with Crippen molar-refractivity contribution in [2.45, 2.75) is 52.2 Å². The SMILES string of the molecule is Cc1cccc(C)c1NC(=O)CCCSCc1ncc(C(C)C)o1. The summed E-state index contributed by atoms with van der Waals surface area (Å²) >= 11 is 1.75. The van der Waals surface area contributed by atoms with Crippen molar-refractivity contribution in [3.05, 3.63) is 47.2 Å². The standard InChI is InChI=1S/C19H26N2O2S/c1-13(2)16-11-20-18(23-16)12-24-10-6-9-17(22)21-19-14(3)7-5-8-15(19)4/h5,7-8,11,13H,6,9-10,12H2,1-4H3,(H,21,22). The fourth-order valence-electron chi connectivity index (χ4n) is 2.37. The molecule has 2 aromatic rings. The van der Waals surface area contributed by atoms with Crippen molar-refractivity contribution in [2.75, 3.05) is 11.1 Å². The molecule has 0 aliphatic heterocycles. The van der Waals surface area contributed by atoms with Gasteiger partial charge in [-0.1, -0.05) is 32.0 Å². The first-order valence-electron chi connectivity index (χ1n) is 8.35. The zero-order valence-corrected chi connectivity index (χ0v) is 15.7. The average molecular weight is 346 g/mol. The van der Waals surface area contributed by atoms with E-state index in [1.54, 1.807) is 18.0 Å². The van der Waals surface area contributed by atoms with Crippen molar-refractivity contribution in [3.8, 4) is 0 Å². The maximum atomic E-state index is 12.1. The van der Waals surface area contributed by atoms with E-state index in [0.29, 0.717) is 12.3 Å². The number of anilines is 1. The summed E-state index contributed by atoms with van der Waals surface area (Å²) in [5, 5.41) is 3.02. The van der Waals surface area contributed by atoms with Crippen LogP contribution < -0.4 is 5.32 Å². The van der Waals surface area contributed by atoms with Crippen molar-refractivity contribution < 1.29 is 9.21 Å². The second-order valence-electron chi connectivity index (χ2n) is 6.28. The molecule has 1 heterocycles. The molecule has 5 heteroatoms. The molecule has 130 valence electrons. The number of oxazole rings is 1. The average Bonchev–Trinajstić information content (AvgIpc) is 3.00. The highest BCUT2D eigenvalue weighted by Crippen LogP contribution is 2.21. The van der Waals surface area contributed by atoms with Crippen LogP contribution in [0.5, 0.6) is 0 Å². The number of aromatic nitrogens is 1. The monoisotopic (exact) mass is 346 g/mol. The van der Waals surface area contributed by atoms with Crippen LogP contribution in [0.15, 0.2) is 28.8 Å². The van der Waals surface area contributed by atoms with E-state index >= 15 is 0 Å². The summed E-state index contributed by atoms with van der Waals surface area (Å²) in [5.74, 6) is 3.81. The summed E-state index contributed by atoms with van der Waals surface area (Å²) in [5.41, 5.74) is 3.14. The Morgan fingerprint density at radius 2 is 2.00 bits per heavy atom. The molecule has 0 unspecified atom stereocenters. The summed E-state index contributed by atoms with van der Waals surface area (Å²) in [6, 6.07) is 6.03. The minimum Gasteiger partial charge on any atom is -0.445 e. The van der Waals surface area contributed by atoms with Crippen molar-refractivity contribution in [1.82, 2.24) is 4.98 Å². The number of aryl methyl sites for hydroxylation is 2. The predicted octanol–water partition coefficient (Wildman–Crippen LogP) is 5.07. The first kappa shape index (κ1) is 18.6. The highest BCUT2D eigenvalue weighted by atomic mass is 32.2. The number of carbonyl (C=O) groups is 1. The molecule has 24 heavy (non-hydrogen) atoms. The third-order valence-electron chi connectivity index (χ3n) is 3.80. The molecule has 0 saturated carbocycles. The molecule has 0 aliphatic rings. The van der Waals surface area contributed by atoms with Crippen LogP contribution >= 0.6 is 11.8 Å². The molecule has 0 saturated heterocycles. The summed E-state index contributed by atoms with van der Waals surface area (Å²) < 4.78 is 5.67. The van der Waals surface area contributed by atoms with Gasteiger partial charge in [0.2, 0.25) is 11.8 Å². The maximum absolute atomic E-state index is 12.1. The molecule has 0 bridgehead atoms. The van der Waals surface area contributed by atoms with Gasteiger partial charge in [-0.05, 0) is 37.1 Å². The fraction of sp³-hybridized carbons (Fsp3) is 0.474. The Labute approximate surface area is 148 Å². The lowest BCUT2D eigenvalue weighted by atomic mass is 10.1. The molecular weight excluding hydrogens is 320 g/mol. The molecule has 2 rings (SSSR count). The summed E-state index contributed by atoms with van der Waals surface area (Å²) in [7, 11) is 0. The number of nitrogens with one attached hydrogen (secondary N) is 1. The summed E-state index contributed by atoms with van der Waals surface area (Å²) in [6.45, 7) is 8.21. The predicted molar refractivity (Wildman–Crippen MR) is 101 cm³/mol. The number of thioether (sulfide) groups is 1. The number of hydrogen-bond donors (Lipinski definition) is 1. The van der Waals surface area contributed by atoms with Crippen LogP contribution in [0.2, 0.25) is 0 Å². The van der Waals surface area contributed by atoms with E-state index in [9.17, 15) is 4.79 Å². The molecule has 0 atom stereocenters. The Balaban J connectivity index is 1.67. The first-order chi connectivity index (χ1) is 11.5. The molecule has 1 aromatic carbocycles. The topological polar surface area (TPSA) is 55.1 Å². The maximum Gasteiger partial charge on any atom is 0.224 e. The second-order valence-corrected chi connectivity index (χ2v) is 7.39. The van der Waals surface area contributed by atoms with Gasteiger partial charge in [0.1, 0.15) is 5.76 Å². The van der Waals surface area contributed by atoms with Crippen LogP contribution in [-0.2, 0) is 10.5 Å². The number of hydrogen-bond acceptors (Lipinski definition) is 4. The first-order valence-corrected chi connectivity index (χ1v) is 9.51. The molecule has 0 radical (unpaired) electrons. The zero-order chi connectivity index (χ0) is 17.5. The smallest absolute Gasteiger partial charge is 0.224 e. The third-order valence-corrected chi connectivity index (χ3v) is 4.83. The summed E-state index contributed by atoms with van der Waals surface area (Å²) in [6.07, 6.45) is 3.18. The highest BCUT2D eigenvalue weighted by molar-refractivity contribution is 7.98. The Kier molecular flexibility index (Phi) is 6.91. The largest absolute Gasteiger partial charge is 0.445 e. The van der Waals surface area contributed by atoms with Gasteiger partial charge in [0, 0.05) is 18.0 Å². The number of rotatable bonds is 8. The van der Waals surface area contributed by atoms with Crippen molar-refractivity contribution in [1.29, 1.82) is 0 Å². The fourth-order valence-corrected chi connectivity index (χ4v) is 3.17. The van der Waals surface area contributed by atoms with Gasteiger partial charge in [-0.2, -0.15) is 11.8 Å². The molecule has 0 aliphatic carbocycles. The third kappa shape index (κ3) is 5.41. The Bertz CT molecular complexity index is 660. The Morgan fingerprint density at radius 3 is 2.62 bits per heavy atom. The second kappa shape index (κ2) is 8.92. The van der Waals surface area contributed by atoms with Gasteiger partial charge in [-0.3, -0.25) is 4.79 Å². The van der Waals surface area contributed by atoms with E-state index in [-0.39, 0.29) is 5.91 Å². The van der Waals surface area contributed by atoms with E-state index in [2.05, 4.69) is 24.1 Å². The van der Waals surface area contributed by atoms with E-state index < -0.39 is 0 Å². The van der Waals surface area contributed by atoms with Crippen LogP contribution in [0, 0.1) is 13.8 Å². The minimum absolute atomic E-state index is 0.0752. The highest BCUT2D eigenvalue weighted by Gasteiger charge is 2.09. The van der Waals surface area contributed by atoms with Crippen molar-refractivity contribution in [3.63, 3.8) is 0 Å². The van der Waals surface area contributed by atoms with Gasteiger partial charge in [0.15, 0.2) is 0 Å². The number of amides is 1. The van der Waals surface area contributed by atoms with E-state index in [0.717, 1.165) is 46.4 Å². The van der Waals surface area contributed by atoms with Crippen molar-refractivity contribution >= 4 is 23.4 Å². The number of benzene rings is 1. The van der Waals surface area contributed by atoms with Gasteiger partial charge in [0.25, 0.3) is 0 Å². The van der Waals surface area contributed by atoms with Gasteiger partial charge in [0.05, 0.1) is 11.9 Å². The zero-order valence-electron chi connectivity index (χ0n) is 14.9. The molecule has 0 spiro atoms. The quantitative estimate of drug-likeness (QED) is 0.678. The van der Waals surface area contributed by atoms with Gasteiger partial charge >= 0.3 is 0 Å². The van der Waals surface area contributed by atoms with Crippen LogP contribution in [0.1, 0.15) is 55.4 Å². The van der Waals surface area contributed by atoms with Gasteiger partial charge in [-0.15, -0.1) is 0 Å². The molecule has 0 fully saturated rings. The number of para-hydroxylation sites is 1. The lowest BCUT2D eigenvalue weighted by Gasteiger charge is -2.11. The Hall–Kier alpha value is -1.75. The lowest BCUT2D eigenvalue weighted by molar-refractivity contribution is -0.116.